The first-order valence-corrected chi connectivity index (χ1v) is 9.77. The first-order valence-electron chi connectivity index (χ1n) is 9.39. The third kappa shape index (κ3) is 5.81. The van der Waals surface area contributed by atoms with Crippen LogP contribution in [0.25, 0.3) is 0 Å². The van der Waals surface area contributed by atoms with Crippen molar-refractivity contribution >= 4 is 17.5 Å². The summed E-state index contributed by atoms with van der Waals surface area (Å²) in [7, 11) is 0. The van der Waals surface area contributed by atoms with Gasteiger partial charge in [-0.3, -0.25) is 4.79 Å². The van der Waals surface area contributed by atoms with Crippen LogP contribution in [0.5, 0.6) is 5.75 Å². The molecule has 0 aliphatic rings. The van der Waals surface area contributed by atoms with Crippen molar-refractivity contribution in [3.8, 4) is 5.75 Å². The summed E-state index contributed by atoms with van der Waals surface area (Å²) in [4.78, 5) is 12.6. The normalized spacial score (nSPS) is 10.7. The van der Waals surface area contributed by atoms with Crippen molar-refractivity contribution in [1.29, 1.82) is 0 Å². The molecule has 0 fully saturated rings. The molecule has 0 unspecified atom stereocenters. The highest BCUT2D eigenvalue weighted by molar-refractivity contribution is 6.31. The summed E-state index contributed by atoms with van der Waals surface area (Å²) in [5.74, 6) is 0.549. The predicted molar refractivity (Wildman–Crippen MR) is 109 cm³/mol. The quantitative estimate of drug-likeness (QED) is 0.511. The maximum Gasteiger partial charge on any atom is 0.256 e. The maximum atomic E-state index is 12.9. The Balaban J connectivity index is 1.48. The van der Waals surface area contributed by atoms with Crippen LogP contribution in [0, 0.1) is 12.7 Å². The smallest absolute Gasteiger partial charge is 0.256 e. The van der Waals surface area contributed by atoms with E-state index in [4.69, 9.17) is 20.9 Å². The molecule has 0 atom stereocenters. The molecule has 152 valence electrons. The van der Waals surface area contributed by atoms with Crippen LogP contribution in [0.1, 0.15) is 33.8 Å². The molecule has 0 aliphatic heterocycles. The molecule has 3 rings (SSSR count). The molecule has 2 aromatic carbocycles. The minimum absolute atomic E-state index is 0.223. The van der Waals surface area contributed by atoms with Crippen LogP contribution in [-0.2, 0) is 12.8 Å². The van der Waals surface area contributed by atoms with Gasteiger partial charge in [0.05, 0.1) is 12.3 Å². The molecule has 0 saturated heterocycles. The van der Waals surface area contributed by atoms with Gasteiger partial charge in [0.15, 0.2) is 0 Å². The Morgan fingerprint density at radius 1 is 1.17 bits per heavy atom. The molecule has 0 spiro atoms. The lowest BCUT2D eigenvalue weighted by Gasteiger charge is -2.08. The van der Waals surface area contributed by atoms with Gasteiger partial charge in [0.2, 0.25) is 0 Å². The molecule has 29 heavy (non-hydrogen) atoms. The Morgan fingerprint density at radius 3 is 2.69 bits per heavy atom. The van der Waals surface area contributed by atoms with E-state index in [-0.39, 0.29) is 11.7 Å². The van der Waals surface area contributed by atoms with Crippen molar-refractivity contribution in [3.63, 3.8) is 0 Å². The molecule has 0 radical (unpaired) electrons. The minimum Gasteiger partial charge on any atom is -0.494 e. The number of aryl methyl sites for hydroxylation is 3. The van der Waals surface area contributed by atoms with Crippen molar-refractivity contribution in [1.82, 2.24) is 10.5 Å². The predicted octanol–water partition coefficient (Wildman–Crippen LogP) is 4.76. The van der Waals surface area contributed by atoms with E-state index in [1.54, 1.807) is 19.1 Å². The van der Waals surface area contributed by atoms with Crippen LogP contribution in [0.15, 0.2) is 53.1 Å². The Morgan fingerprint density at radius 2 is 1.93 bits per heavy atom. The minimum atomic E-state index is -0.306. The highest BCUT2D eigenvalue weighted by Gasteiger charge is 2.20. The van der Waals surface area contributed by atoms with Gasteiger partial charge in [-0.2, -0.15) is 0 Å². The van der Waals surface area contributed by atoms with Gasteiger partial charge >= 0.3 is 0 Å². The molecule has 5 nitrogen and oxygen atoms in total. The Kier molecular flexibility index (Phi) is 7.25. The number of ether oxygens (including phenoxy) is 1. The number of carbonyl (C=O) groups is 1. The number of aromatic nitrogens is 1. The molecule has 1 aromatic heterocycles. The number of hydrogen-bond donors (Lipinski definition) is 1. The van der Waals surface area contributed by atoms with Crippen LogP contribution in [0.3, 0.4) is 0 Å². The number of amides is 1. The summed E-state index contributed by atoms with van der Waals surface area (Å²) in [5.41, 5.74) is 2.08. The molecule has 0 bridgehead atoms. The summed E-state index contributed by atoms with van der Waals surface area (Å²) in [6.07, 6.45) is 1.83. The molecule has 1 N–H and O–H groups in total. The van der Waals surface area contributed by atoms with E-state index in [0.29, 0.717) is 60.2 Å². The number of rotatable bonds is 9. The molecule has 1 heterocycles. The summed E-state index contributed by atoms with van der Waals surface area (Å²) >= 11 is 6.19. The largest absolute Gasteiger partial charge is 0.494 e. The topological polar surface area (TPSA) is 64.4 Å². The number of halogens is 2. The number of nitrogens with one attached hydrogen (secondary N) is 1. The molecule has 0 saturated carbocycles. The number of hydrogen-bond acceptors (Lipinski definition) is 4. The highest BCUT2D eigenvalue weighted by Crippen LogP contribution is 2.20. The fourth-order valence-corrected chi connectivity index (χ4v) is 3.15. The molecule has 0 aliphatic carbocycles. The van der Waals surface area contributed by atoms with Gasteiger partial charge in [-0.1, -0.05) is 35.0 Å². The second-order valence-corrected chi connectivity index (χ2v) is 6.97. The summed E-state index contributed by atoms with van der Waals surface area (Å²) in [6.45, 7) is 2.57. The Labute approximate surface area is 173 Å². The standard InChI is InChI=1S/C22H22ClFN2O3/c1-15-21(20(26-29-15)12-7-16-5-2-3-6-19(16)23)22(27)25-13-4-14-28-18-10-8-17(24)9-11-18/h2-3,5-6,8-11H,4,7,12-14H2,1H3,(H,25,27). The zero-order chi connectivity index (χ0) is 20.6. The van der Waals surface area contributed by atoms with Crippen molar-refractivity contribution in [3.05, 3.63) is 82.0 Å². The van der Waals surface area contributed by atoms with Gasteiger partial charge in [0.1, 0.15) is 22.9 Å². The van der Waals surface area contributed by atoms with Gasteiger partial charge in [-0.15, -0.1) is 0 Å². The monoisotopic (exact) mass is 416 g/mol. The van der Waals surface area contributed by atoms with Crippen molar-refractivity contribution in [2.45, 2.75) is 26.2 Å². The van der Waals surface area contributed by atoms with Crippen LogP contribution in [0.4, 0.5) is 4.39 Å². The molecular formula is C22H22ClFN2O3. The summed E-state index contributed by atoms with van der Waals surface area (Å²) in [6, 6.07) is 13.4. The summed E-state index contributed by atoms with van der Waals surface area (Å²) < 4.78 is 23.6. The highest BCUT2D eigenvalue weighted by atomic mass is 35.5. The van der Waals surface area contributed by atoms with E-state index in [1.807, 2.05) is 24.3 Å². The fourth-order valence-electron chi connectivity index (χ4n) is 2.92. The zero-order valence-electron chi connectivity index (χ0n) is 16.1. The Hall–Kier alpha value is -2.86. The van der Waals surface area contributed by atoms with Gasteiger partial charge in [0.25, 0.3) is 5.91 Å². The average Bonchev–Trinajstić information content (AvgIpc) is 3.09. The maximum absolute atomic E-state index is 12.9. The van der Waals surface area contributed by atoms with Crippen LogP contribution in [0.2, 0.25) is 5.02 Å². The second-order valence-electron chi connectivity index (χ2n) is 6.56. The van der Waals surface area contributed by atoms with Gasteiger partial charge in [-0.05, 0) is 62.1 Å². The molecule has 1 amide bonds. The van der Waals surface area contributed by atoms with Crippen LogP contribution < -0.4 is 10.1 Å². The van der Waals surface area contributed by atoms with Crippen molar-refractivity contribution in [2.24, 2.45) is 0 Å². The van der Waals surface area contributed by atoms with Crippen LogP contribution in [-0.4, -0.2) is 24.2 Å². The fraction of sp³-hybridized carbons (Fsp3) is 0.273. The summed E-state index contributed by atoms with van der Waals surface area (Å²) in [5, 5.41) is 7.60. The lowest BCUT2D eigenvalue weighted by Crippen LogP contribution is -2.26. The number of benzene rings is 2. The van der Waals surface area contributed by atoms with E-state index in [1.165, 1.54) is 12.1 Å². The number of nitrogens with zero attached hydrogens (tertiary/aromatic N) is 1. The molecular weight excluding hydrogens is 395 g/mol. The van der Waals surface area contributed by atoms with Crippen LogP contribution >= 0.6 is 11.6 Å². The number of carbonyl (C=O) groups excluding carboxylic acids is 1. The lowest BCUT2D eigenvalue weighted by atomic mass is 10.0. The van der Waals surface area contributed by atoms with Gasteiger partial charge < -0.3 is 14.6 Å². The first kappa shape index (κ1) is 20.9. The van der Waals surface area contributed by atoms with Gasteiger partial charge in [0, 0.05) is 11.6 Å². The van der Waals surface area contributed by atoms with E-state index >= 15 is 0 Å². The Bertz CT molecular complexity index is 957. The van der Waals surface area contributed by atoms with E-state index in [2.05, 4.69) is 10.5 Å². The SMILES string of the molecule is Cc1onc(CCc2ccccc2Cl)c1C(=O)NCCCOc1ccc(F)cc1. The second kappa shape index (κ2) is 10.1. The molecule has 7 heteroatoms. The third-order valence-electron chi connectivity index (χ3n) is 4.44. The van der Waals surface area contributed by atoms with Crippen molar-refractivity contribution in [2.75, 3.05) is 13.2 Å². The van der Waals surface area contributed by atoms with E-state index in [0.717, 1.165) is 5.56 Å². The van der Waals surface area contributed by atoms with E-state index in [9.17, 15) is 9.18 Å². The van der Waals surface area contributed by atoms with Crippen molar-refractivity contribution < 1.29 is 18.4 Å². The van der Waals surface area contributed by atoms with E-state index < -0.39 is 0 Å². The zero-order valence-corrected chi connectivity index (χ0v) is 16.8. The lowest BCUT2D eigenvalue weighted by molar-refractivity contribution is 0.0949. The van der Waals surface area contributed by atoms with Gasteiger partial charge in [-0.25, -0.2) is 4.39 Å². The average molecular weight is 417 g/mol. The molecule has 3 aromatic rings. The third-order valence-corrected chi connectivity index (χ3v) is 4.81. The first-order chi connectivity index (χ1) is 14.0.